The molecule has 136 valence electrons. The van der Waals surface area contributed by atoms with Gasteiger partial charge in [-0.15, -0.1) is 0 Å². The summed E-state index contributed by atoms with van der Waals surface area (Å²) in [5.41, 5.74) is 1.74. The van der Waals surface area contributed by atoms with Crippen LogP contribution in [0.1, 0.15) is 55.8 Å². The van der Waals surface area contributed by atoms with Crippen LogP contribution in [0.4, 0.5) is 0 Å². The number of likely N-dealkylation sites (tertiary alicyclic amines) is 1. The second-order valence-corrected chi connectivity index (χ2v) is 6.59. The number of carbonyl (C=O) groups is 2. The zero-order valence-electron chi connectivity index (χ0n) is 15.2. The minimum absolute atomic E-state index is 0.0495. The fourth-order valence-corrected chi connectivity index (χ4v) is 3.69. The van der Waals surface area contributed by atoms with Gasteiger partial charge < -0.3 is 18.6 Å². The molecule has 6 nitrogen and oxygen atoms in total. The van der Waals surface area contributed by atoms with Gasteiger partial charge in [0.05, 0.1) is 12.1 Å². The van der Waals surface area contributed by atoms with E-state index in [2.05, 4.69) is 6.92 Å². The molecule has 2 aromatic rings. The first kappa shape index (κ1) is 17.6. The van der Waals surface area contributed by atoms with Crippen LogP contribution in [-0.4, -0.2) is 40.5 Å². The van der Waals surface area contributed by atoms with Gasteiger partial charge in [-0.25, -0.2) is 4.79 Å². The van der Waals surface area contributed by atoms with Crippen molar-refractivity contribution in [2.24, 2.45) is 0 Å². The van der Waals surface area contributed by atoms with Gasteiger partial charge in [0.15, 0.2) is 5.58 Å². The van der Waals surface area contributed by atoms with E-state index in [1.165, 1.54) is 6.42 Å². The average molecular weight is 346 g/mol. The number of fused-ring (bicyclic) bond motifs is 1. The van der Waals surface area contributed by atoms with E-state index in [0.717, 1.165) is 37.1 Å². The molecule has 1 aliphatic heterocycles. The molecular weight excluding hydrogens is 320 g/mol. The predicted molar refractivity (Wildman–Crippen MR) is 94.5 cm³/mol. The van der Waals surface area contributed by atoms with Crippen molar-refractivity contribution in [3.05, 3.63) is 23.6 Å². The van der Waals surface area contributed by atoms with E-state index in [9.17, 15) is 9.59 Å². The van der Waals surface area contributed by atoms with Crippen molar-refractivity contribution in [2.45, 2.75) is 59.0 Å². The molecule has 1 amide bonds. The van der Waals surface area contributed by atoms with Crippen LogP contribution in [0.25, 0.3) is 11.1 Å². The van der Waals surface area contributed by atoms with Crippen LogP contribution in [0, 0.1) is 6.92 Å². The van der Waals surface area contributed by atoms with Crippen LogP contribution in [0.3, 0.4) is 0 Å². The van der Waals surface area contributed by atoms with E-state index < -0.39 is 5.97 Å². The van der Waals surface area contributed by atoms with Crippen LogP contribution >= 0.6 is 0 Å². The highest BCUT2D eigenvalue weighted by Crippen LogP contribution is 2.26. The van der Waals surface area contributed by atoms with Gasteiger partial charge in [-0.3, -0.25) is 4.79 Å². The Balaban J connectivity index is 1.91. The van der Waals surface area contributed by atoms with Crippen molar-refractivity contribution in [3.8, 4) is 0 Å². The highest BCUT2D eigenvalue weighted by molar-refractivity contribution is 5.95. The average Bonchev–Trinajstić information content (AvgIpc) is 3.12. The van der Waals surface area contributed by atoms with E-state index >= 15 is 0 Å². The number of esters is 1. The minimum Gasteiger partial charge on any atom is -0.461 e. The largest absolute Gasteiger partial charge is 0.461 e. The summed E-state index contributed by atoms with van der Waals surface area (Å²) in [6.45, 7) is 6.96. The third-order valence-corrected chi connectivity index (χ3v) is 4.91. The number of amides is 1. The van der Waals surface area contributed by atoms with Crippen molar-refractivity contribution in [3.63, 3.8) is 0 Å². The molecule has 0 bridgehead atoms. The zero-order chi connectivity index (χ0) is 18.0. The number of aromatic nitrogens is 1. The Morgan fingerprint density at radius 1 is 1.28 bits per heavy atom. The Kier molecular flexibility index (Phi) is 5.16. The lowest BCUT2D eigenvalue weighted by molar-refractivity contribution is -0.135. The van der Waals surface area contributed by atoms with E-state index in [-0.39, 0.29) is 12.5 Å². The molecule has 25 heavy (non-hydrogen) atoms. The molecule has 1 fully saturated rings. The van der Waals surface area contributed by atoms with Crippen molar-refractivity contribution in [2.75, 3.05) is 13.2 Å². The lowest BCUT2D eigenvalue weighted by Crippen LogP contribution is -2.45. The summed E-state index contributed by atoms with van der Waals surface area (Å²) >= 11 is 0. The van der Waals surface area contributed by atoms with Crippen LogP contribution < -0.4 is 0 Å². The summed E-state index contributed by atoms with van der Waals surface area (Å²) in [7, 11) is 0. The maximum Gasteiger partial charge on any atom is 0.355 e. The first-order chi connectivity index (χ1) is 12.0. The van der Waals surface area contributed by atoms with E-state index in [1.54, 1.807) is 17.6 Å². The third kappa shape index (κ3) is 3.43. The van der Waals surface area contributed by atoms with Crippen LogP contribution in [0.2, 0.25) is 0 Å². The Hall–Kier alpha value is -2.24. The van der Waals surface area contributed by atoms with Gasteiger partial charge in [-0.1, -0.05) is 6.92 Å². The highest BCUT2D eigenvalue weighted by Gasteiger charge is 2.28. The Bertz CT molecular complexity index is 774. The highest BCUT2D eigenvalue weighted by atomic mass is 16.5. The van der Waals surface area contributed by atoms with E-state index in [4.69, 9.17) is 9.15 Å². The SMILES string of the molecule is CCOC(=O)c1cc2oc(C)cc2n1CC(=O)N1CCCC[C@H]1CC. The number of hydrogen-bond donors (Lipinski definition) is 0. The molecule has 0 saturated carbocycles. The maximum atomic E-state index is 12.9. The molecule has 0 unspecified atom stereocenters. The quantitative estimate of drug-likeness (QED) is 0.777. The first-order valence-corrected chi connectivity index (χ1v) is 9.11. The van der Waals surface area contributed by atoms with Gasteiger partial charge in [0.1, 0.15) is 18.0 Å². The molecule has 2 aromatic heterocycles. The van der Waals surface area contributed by atoms with Crippen molar-refractivity contribution >= 4 is 23.0 Å². The molecule has 0 aromatic carbocycles. The van der Waals surface area contributed by atoms with Crippen LogP contribution in [0.15, 0.2) is 16.5 Å². The molecule has 1 atom stereocenters. The van der Waals surface area contributed by atoms with E-state index in [1.807, 2.05) is 17.9 Å². The summed E-state index contributed by atoms with van der Waals surface area (Å²) in [5.74, 6) is 0.379. The Morgan fingerprint density at radius 3 is 2.80 bits per heavy atom. The molecule has 0 aliphatic carbocycles. The minimum atomic E-state index is -0.426. The number of hydrogen-bond acceptors (Lipinski definition) is 4. The Morgan fingerprint density at radius 2 is 2.08 bits per heavy atom. The van der Waals surface area contributed by atoms with Crippen LogP contribution in [-0.2, 0) is 16.1 Å². The molecule has 3 rings (SSSR count). The van der Waals surface area contributed by atoms with Gasteiger partial charge in [0, 0.05) is 24.7 Å². The molecule has 1 saturated heterocycles. The summed E-state index contributed by atoms with van der Waals surface area (Å²) in [4.78, 5) is 27.2. The fraction of sp³-hybridized carbons (Fsp3) is 0.579. The van der Waals surface area contributed by atoms with Gasteiger partial charge in [-0.2, -0.15) is 0 Å². The monoisotopic (exact) mass is 346 g/mol. The summed E-state index contributed by atoms with van der Waals surface area (Å²) < 4.78 is 12.5. The van der Waals surface area contributed by atoms with Gasteiger partial charge >= 0.3 is 5.97 Å². The number of piperidine rings is 1. The number of furan rings is 1. The maximum absolute atomic E-state index is 12.9. The van der Waals surface area contributed by atoms with Crippen molar-refractivity contribution in [1.82, 2.24) is 9.47 Å². The summed E-state index contributed by atoms with van der Waals surface area (Å²) in [6.07, 6.45) is 4.23. The first-order valence-electron chi connectivity index (χ1n) is 9.11. The summed E-state index contributed by atoms with van der Waals surface area (Å²) in [6, 6.07) is 3.82. The number of ether oxygens (including phenoxy) is 1. The lowest BCUT2D eigenvalue weighted by atomic mass is 10.00. The number of rotatable bonds is 5. The van der Waals surface area contributed by atoms with Crippen molar-refractivity contribution < 1.29 is 18.7 Å². The standard InChI is InChI=1S/C19H26N2O4/c1-4-14-8-6-7-9-20(14)18(22)12-21-15-10-13(3)25-17(15)11-16(21)19(23)24-5-2/h10-11,14H,4-9,12H2,1-3H3/t14-/m1/s1. The lowest BCUT2D eigenvalue weighted by Gasteiger charge is -2.35. The van der Waals surface area contributed by atoms with Crippen LogP contribution in [0.5, 0.6) is 0 Å². The molecule has 0 spiro atoms. The molecule has 1 aliphatic rings. The molecular formula is C19H26N2O4. The van der Waals surface area contributed by atoms with Gasteiger partial charge in [-0.05, 0) is 39.5 Å². The molecule has 0 radical (unpaired) electrons. The Labute approximate surface area is 147 Å². The van der Waals surface area contributed by atoms with Gasteiger partial charge in [0.25, 0.3) is 0 Å². The normalized spacial score (nSPS) is 17.9. The predicted octanol–water partition coefficient (Wildman–Crippen LogP) is 3.51. The molecule has 6 heteroatoms. The second kappa shape index (κ2) is 7.33. The van der Waals surface area contributed by atoms with Gasteiger partial charge in [0.2, 0.25) is 5.91 Å². The number of nitrogens with zero attached hydrogens (tertiary/aromatic N) is 2. The third-order valence-electron chi connectivity index (χ3n) is 4.91. The fourth-order valence-electron chi connectivity index (χ4n) is 3.69. The number of carbonyl (C=O) groups excluding carboxylic acids is 2. The topological polar surface area (TPSA) is 64.7 Å². The summed E-state index contributed by atoms with van der Waals surface area (Å²) in [5, 5.41) is 0. The van der Waals surface area contributed by atoms with E-state index in [0.29, 0.717) is 23.9 Å². The molecule has 3 heterocycles. The smallest absolute Gasteiger partial charge is 0.355 e. The van der Waals surface area contributed by atoms with Crippen molar-refractivity contribution in [1.29, 1.82) is 0 Å². The molecule has 0 N–H and O–H groups in total. The number of aryl methyl sites for hydroxylation is 1. The zero-order valence-corrected chi connectivity index (χ0v) is 15.2. The second-order valence-electron chi connectivity index (χ2n) is 6.59.